The Hall–Kier alpha value is -1.42. The second kappa shape index (κ2) is 5.52. The number of carboxylic acid groups (broad SMARTS) is 1. The molecule has 0 aromatic heterocycles. The molecule has 0 heterocycles. The lowest BCUT2D eigenvalue weighted by atomic mass is 10.0. The summed E-state index contributed by atoms with van der Waals surface area (Å²) in [5, 5.41) is 9.20. The maximum absolute atomic E-state index is 13.3. The fourth-order valence-electron chi connectivity index (χ4n) is 3.79. The molecule has 1 N–H and O–H groups in total. The van der Waals surface area contributed by atoms with Gasteiger partial charge in [-0.15, -0.1) is 0 Å². The molecular formula is C16H20FNO2. The van der Waals surface area contributed by atoms with Gasteiger partial charge in [0, 0.05) is 12.1 Å². The van der Waals surface area contributed by atoms with Crippen LogP contribution < -0.4 is 0 Å². The van der Waals surface area contributed by atoms with Crippen LogP contribution in [0.1, 0.15) is 49.3 Å². The molecule has 1 aromatic rings. The second-order valence-corrected chi connectivity index (χ2v) is 5.90. The Bertz CT molecular complexity index is 511. The summed E-state index contributed by atoms with van der Waals surface area (Å²) in [6.45, 7) is 0.0894. The Morgan fingerprint density at radius 3 is 2.75 bits per heavy atom. The molecule has 2 aliphatic rings. The molecule has 1 fully saturated rings. The van der Waals surface area contributed by atoms with Crippen LogP contribution in [-0.2, 0) is 11.2 Å². The zero-order valence-electron chi connectivity index (χ0n) is 11.5. The molecule has 2 aliphatic carbocycles. The van der Waals surface area contributed by atoms with Crippen LogP contribution in [0.3, 0.4) is 0 Å². The standard InChI is InChI=1S/C16H20FNO2/c17-12-6-7-14-11(9-12)5-8-15(14)18(10-16(19)20)13-3-1-2-4-13/h6-7,9,13,15H,1-5,8,10H2,(H,19,20). The normalized spacial score (nSPS) is 22.4. The van der Waals surface area contributed by atoms with Crippen LogP contribution in [0, 0.1) is 5.82 Å². The Morgan fingerprint density at radius 1 is 1.30 bits per heavy atom. The predicted molar refractivity (Wildman–Crippen MR) is 74.1 cm³/mol. The van der Waals surface area contributed by atoms with Crippen molar-refractivity contribution in [2.75, 3.05) is 6.54 Å². The third-order valence-corrected chi connectivity index (χ3v) is 4.66. The first-order valence-electron chi connectivity index (χ1n) is 7.41. The monoisotopic (exact) mass is 277 g/mol. The van der Waals surface area contributed by atoms with Crippen molar-refractivity contribution in [1.29, 1.82) is 0 Å². The molecule has 0 spiro atoms. The molecule has 1 saturated carbocycles. The van der Waals surface area contributed by atoms with Crippen LogP contribution in [0.25, 0.3) is 0 Å². The summed E-state index contributed by atoms with van der Waals surface area (Å²) in [6.07, 6.45) is 6.29. The summed E-state index contributed by atoms with van der Waals surface area (Å²) >= 11 is 0. The molecule has 1 atom stereocenters. The third kappa shape index (κ3) is 2.57. The first kappa shape index (κ1) is 13.6. The van der Waals surface area contributed by atoms with E-state index in [4.69, 9.17) is 0 Å². The Balaban J connectivity index is 1.87. The minimum atomic E-state index is -0.771. The molecule has 0 bridgehead atoms. The van der Waals surface area contributed by atoms with Gasteiger partial charge in [-0.05, 0) is 48.9 Å². The molecule has 20 heavy (non-hydrogen) atoms. The first-order valence-corrected chi connectivity index (χ1v) is 7.41. The fourth-order valence-corrected chi connectivity index (χ4v) is 3.79. The van der Waals surface area contributed by atoms with Crippen LogP contribution >= 0.6 is 0 Å². The van der Waals surface area contributed by atoms with Gasteiger partial charge in [-0.1, -0.05) is 18.9 Å². The quantitative estimate of drug-likeness (QED) is 0.919. The van der Waals surface area contributed by atoms with E-state index in [-0.39, 0.29) is 18.4 Å². The number of carboxylic acids is 1. The highest BCUT2D eigenvalue weighted by Gasteiger charge is 2.34. The van der Waals surface area contributed by atoms with Gasteiger partial charge in [0.05, 0.1) is 6.54 Å². The van der Waals surface area contributed by atoms with E-state index in [0.717, 1.165) is 36.8 Å². The maximum Gasteiger partial charge on any atom is 0.317 e. The summed E-state index contributed by atoms with van der Waals surface area (Å²) in [5.74, 6) is -0.970. The topological polar surface area (TPSA) is 40.5 Å². The highest BCUT2D eigenvalue weighted by Crippen LogP contribution is 2.39. The summed E-state index contributed by atoms with van der Waals surface area (Å²) in [7, 11) is 0. The molecular weight excluding hydrogens is 257 g/mol. The minimum Gasteiger partial charge on any atom is -0.480 e. The van der Waals surface area contributed by atoms with Crippen molar-refractivity contribution in [3.8, 4) is 0 Å². The molecule has 1 aromatic carbocycles. The molecule has 0 saturated heterocycles. The summed E-state index contributed by atoms with van der Waals surface area (Å²) in [4.78, 5) is 13.3. The van der Waals surface area contributed by atoms with Crippen molar-refractivity contribution in [3.05, 3.63) is 35.1 Å². The van der Waals surface area contributed by atoms with Gasteiger partial charge in [0.15, 0.2) is 0 Å². The molecule has 3 rings (SSSR count). The van der Waals surface area contributed by atoms with E-state index in [0.29, 0.717) is 6.04 Å². The lowest BCUT2D eigenvalue weighted by molar-refractivity contribution is -0.139. The van der Waals surface area contributed by atoms with Crippen molar-refractivity contribution in [2.24, 2.45) is 0 Å². The number of aliphatic carboxylic acids is 1. The number of hydrogen-bond donors (Lipinski definition) is 1. The number of aryl methyl sites for hydroxylation is 1. The zero-order chi connectivity index (χ0) is 14.1. The van der Waals surface area contributed by atoms with Crippen LogP contribution in [0.4, 0.5) is 4.39 Å². The van der Waals surface area contributed by atoms with Gasteiger partial charge in [0.1, 0.15) is 5.82 Å². The Labute approximate surface area is 118 Å². The third-order valence-electron chi connectivity index (χ3n) is 4.66. The summed E-state index contributed by atoms with van der Waals surface area (Å²) in [5.41, 5.74) is 2.17. The van der Waals surface area contributed by atoms with Gasteiger partial charge in [-0.3, -0.25) is 9.69 Å². The Morgan fingerprint density at radius 2 is 2.05 bits per heavy atom. The van der Waals surface area contributed by atoms with Crippen molar-refractivity contribution in [1.82, 2.24) is 4.90 Å². The highest BCUT2D eigenvalue weighted by molar-refractivity contribution is 5.69. The minimum absolute atomic E-state index is 0.0894. The first-order chi connectivity index (χ1) is 9.65. The average molecular weight is 277 g/mol. The summed E-state index contributed by atoms with van der Waals surface area (Å²) < 4.78 is 13.3. The number of carbonyl (C=O) groups is 1. The number of nitrogens with zero attached hydrogens (tertiary/aromatic N) is 1. The van der Waals surface area contributed by atoms with Crippen molar-refractivity contribution >= 4 is 5.97 Å². The van der Waals surface area contributed by atoms with Crippen LogP contribution in [0.5, 0.6) is 0 Å². The van der Waals surface area contributed by atoms with Gasteiger partial charge < -0.3 is 5.11 Å². The average Bonchev–Trinajstić information content (AvgIpc) is 3.04. The van der Waals surface area contributed by atoms with E-state index in [2.05, 4.69) is 4.90 Å². The SMILES string of the molecule is O=C(O)CN(C1CCCC1)C1CCc2cc(F)ccc21. The van der Waals surface area contributed by atoms with Gasteiger partial charge in [-0.25, -0.2) is 4.39 Å². The van der Waals surface area contributed by atoms with Gasteiger partial charge in [0.25, 0.3) is 0 Å². The fraction of sp³-hybridized carbons (Fsp3) is 0.562. The number of fused-ring (bicyclic) bond motifs is 1. The predicted octanol–water partition coefficient (Wildman–Crippen LogP) is 3.14. The number of benzene rings is 1. The maximum atomic E-state index is 13.3. The second-order valence-electron chi connectivity index (χ2n) is 5.90. The number of rotatable bonds is 4. The lowest BCUT2D eigenvalue weighted by Crippen LogP contribution is -2.39. The van der Waals surface area contributed by atoms with Gasteiger partial charge in [-0.2, -0.15) is 0 Å². The number of halogens is 1. The van der Waals surface area contributed by atoms with Crippen molar-refractivity contribution < 1.29 is 14.3 Å². The van der Waals surface area contributed by atoms with E-state index in [1.165, 1.54) is 18.9 Å². The molecule has 4 heteroatoms. The van der Waals surface area contributed by atoms with Gasteiger partial charge in [0.2, 0.25) is 0 Å². The van der Waals surface area contributed by atoms with E-state index >= 15 is 0 Å². The lowest BCUT2D eigenvalue weighted by Gasteiger charge is -2.33. The van der Waals surface area contributed by atoms with Crippen molar-refractivity contribution in [2.45, 2.75) is 50.6 Å². The van der Waals surface area contributed by atoms with E-state index in [1.54, 1.807) is 6.07 Å². The van der Waals surface area contributed by atoms with E-state index in [1.807, 2.05) is 6.07 Å². The molecule has 0 amide bonds. The Kier molecular flexibility index (Phi) is 3.74. The molecule has 0 radical (unpaired) electrons. The van der Waals surface area contributed by atoms with E-state index < -0.39 is 5.97 Å². The summed E-state index contributed by atoms with van der Waals surface area (Å²) in [6, 6.07) is 5.44. The number of hydrogen-bond acceptors (Lipinski definition) is 2. The smallest absolute Gasteiger partial charge is 0.317 e. The van der Waals surface area contributed by atoms with Crippen molar-refractivity contribution in [3.63, 3.8) is 0 Å². The van der Waals surface area contributed by atoms with Crippen LogP contribution in [0.15, 0.2) is 18.2 Å². The zero-order valence-corrected chi connectivity index (χ0v) is 11.5. The van der Waals surface area contributed by atoms with Crippen LogP contribution in [-0.4, -0.2) is 28.6 Å². The van der Waals surface area contributed by atoms with Crippen LogP contribution in [0.2, 0.25) is 0 Å². The molecule has 0 aliphatic heterocycles. The highest BCUT2D eigenvalue weighted by atomic mass is 19.1. The van der Waals surface area contributed by atoms with E-state index in [9.17, 15) is 14.3 Å². The molecule has 3 nitrogen and oxygen atoms in total. The molecule has 1 unspecified atom stereocenters. The largest absolute Gasteiger partial charge is 0.480 e. The molecule has 108 valence electrons. The van der Waals surface area contributed by atoms with Gasteiger partial charge >= 0.3 is 5.97 Å².